The minimum Gasteiger partial charge on any atom is -0.370 e. The van der Waals surface area contributed by atoms with Crippen molar-refractivity contribution in [2.45, 2.75) is 19.4 Å². The van der Waals surface area contributed by atoms with Crippen LogP contribution in [0.1, 0.15) is 34.5 Å². The standard InChI is InChI=1S/C19H20FNO2/c1-2-14-3-5-16(6-4-14)19(22)21-11-12-23-18(13-21)15-7-9-17(20)10-8-15/h3-10,18H,2,11-13H2,1H3. The number of hydrogen-bond acceptors (Lipinski definition) is 2. The Morgan fingerprint density at radius 2 is 1.87 bits per heavy atom. The van der Waals surface area contributed by atoms with Gasteiger partial charge in [0.2, 0.25) is 0 Å². The first kappa shape index (κ1) is 15.7. The van der Waals surface area contributed by atoms with E-state index in [1.54, 1.807) is 17.0 Å². The lowest BCUT2D eigenvalue weighted by Gasteiger charge is -2.33. The van der Waals surface area contributed by atoms with Crippen LogP contribution < -0.4 is 0 Å². The number of hydrogen-bond donors (Lipinski definition) is 0. The Morgan fingerprint density at radius 3 is 2.52 bits per heavy atom. The van der Waals surface area contributed by atoms with Crippen LogP contribution in [0, 0.1) is 5.82 Å². The minimum absolute atomic E-state index is 0.0167. The molecule has 0 N–H and O–H groups in total. The van der Waals surface area contributed by atoms with Crippen molar-refractivity contribution in [2.24, 2.45) is 0 Å². The normalized spacial score (nSPS) is 18.0. The van der Waals surface area contributed by atoms with Crippen LogP contribution in [0.3, 0.4) is 0 Å². The monoisotopic (exact) mass is 313 g/mol. The minimum atomic E-state index is -0.270. The third-order valence-corrected chi connectivity index (χ3v) is 4.20. The molecule has 1 unspecified atom stereocenters. The molecule has 2 aromatic carbocycles. The van der Waals surface area contributed by atoms with Crippen LogP contribution >= 0.6 is 0 Å². The number of nitrogens with zero attached hydrogens (tertiary/aromatic N) is 1. The molecule has 1 saturated heterocycles. The van der Waals surface area contributed by atoms with Crippen LogP contribution in [0.2, 0.25) is 0 Å². The second kappa shape index (κ2) is 6.92. The highest BCUT2D eigenvalue weighted by Gasteiger charge is 2.26. The van der Waals surface area contributed by atoms with E-state index in [0.717, 1.165) is 12.0 Å². The average molecular weight is 313 g/mol. The van der Waals surface area contributed by atoms with Gasteiger partial charge >= 0.3 is 0 Å². The zero-order chi connectivity index (χ0) is 16.2. The van der Waals surface area contributed by atoms with E-state index in [0.29, 0.717) is 25.3 Å². The number of halogens is 1. The van der Waals surface area contributed by atoms with E-state index in [4.69, 9.17) is 4.74 Å². The van der Waals surface area contributed by atoms with Gasteiger partial charge in [0.05, 0.1) is 13.2 Å². The van der Waals surface area contributed by atoms with Crippen molar-refractivity contribution in [1.29, 1.82) is 0 Å². The molecule has 4 heteroatoms. The van der Waals surface area contributed by atoms with Crippen molar-refractivity contribution in [2.75, 3.05) is 19.7 Å². The van der Waals surface area contributed by atoms with Crippen LogP contribution in [-0.4, -0.2) is 30.5 Å². The van der Waals surface area contributed by atoms with Gasteiger partial charge < -0.3 is 9.64 Å². The third kappa shape index (κ3) is 3.59. The van der Waals surface area contributed by atoms with Crippen LogP contribution in [0.15, 0.2) is 48.5 Å². The lowest BCUT2D eigenvalue weighted by molar-refractivity contribution is -0.0228. The van der Waals surface area contributed by atoms with E-state index in [1.807, 2.05) is 24.3 Å². The second-order valence-corrected chi connectivity index (χ2v) is 5.71. The summed E-state index contributed by atoms with van der Waals surface area (Å²) in [7, 11) is 0. The van der Waals surface area contributed by atoms with Gasteiger partial charge in [-0.05, 0) is 41.8 Å². The fourth-order valence-electron chi connectivity index (χ4n) is 2.78. The fraction of sp³-hybridized carbons (Fsp3) is 0.316. The summed E-state index contributed by atoms with van der Waals surface area (Å²) in [5.74, 6) is -0.253. The Labute approximate surface area is 135 Å². The number of amides is 1. The lowest BCUT2D eigenvalue weighted by atomic mass is 10.1. The molecular formula is C19H20FNO2. The molecule has 23 heavy (non-hydrogen) atoms. The van der Waals surface area contributed by atoms with Crippen molar-refractivity contribution in [3.63, 3.8) is 0 Å². The largest absolute Gasteiger partial charge is 0.370 e. The molecule has 3 rings (SSSR count). The second-order valence-electron chi connectivity index (χ2n) is 5.71. The summed E-state index contributed by atoms with van der Waals surface area (Å²) in [6.45, 7) is 3.64. The summed E-state index contributed by atoms with van der Waals surface area (Å²) < 4.78 is 18.8. The number of carbonyl (C=O) groups excluding carboxylic acids is 1. The summed E-state index contributed by atoms with van der Waals surface area (Å²) >= 11 is 0. The molecule has 1 aliphatic rings. The SMILES string of the molecule is CCc1ccc(C(=O)N2CCOC(c3ccc(F)cc3)C2)cc1. The summed E-state index contributed by atoms with van der Waals surface area (Å²) in [5, 5.41) is 0. The van der Waals surface area contributed by atoms with Crippen molar-refractivity contribution in [1.82, 2.24) is 4.90 Å². The van der Waals surface area contributed by atoms with Gasteiger partial charge in [-0.25, -0.2) is 4.39 Å². The molecule has 1 heterocycles. The van der Waals surface area contributed by atoms with Gasteiger partial charge in [-0.2, -0.15) is 0 Å². The Morgan fingerprint density at radius 1 is 1.17 bits per heavy atom. The lowest BCUT2D eigenvalue weighted by Crippen LogP contribution is -2.42. The Balaban J connectivity index is 1.72. The molecule has 1 aliphatic heterocycles. The highest BCUT2D eigenvalue weighted by Crippen LogP contribution is 2.23. The number of carbonyl (C=O) groups is 1. The van der Waals surface area contributed by atoms with Crippen molar-refractivity contribution in [3.8, 4) is 0 Å². The number of ether oxygens (including phenoxy) is 1. The van der Waals surface area contributed by atoms with E-state index >= 15 is 0 Å². The predicted octanol–water partition coefficient (Wildman–Crippen LogP) is 3.60. The summed E-state index contributed by atoms with van der Waals surface area (Å²) in [6.07, 6.45) is 0.752. The molecule has 1 fully saturated rings. The Kier molecular flexibility index (Phi) is 4.72. The summed E-state index contributed by atoms with van der Waals surface area (Å²) in [4.78, 5) is 14.4. The maximum atomic E-state index is 13.0. The molecule has 1 atom stereocenters. The van der Waals surface area contributed by atoms with Gasteiger partial charge in [0, 0.05) is 12.1 Å². The van der Waals surface area contributed by atoms with E-state index < -0.39 is 0 Å². The van der Waals surface area contributed by atoms with Gasteiger partial charge in [-0.3, -0.25) is 4.79 Å². The van der Waals surface area contributed by atoms with Gasteiger partial charge in [0.1, 0.15) is 11.9 Å². The third-order valence-electron chi connectivity index (χ3n) is 4.20. The topological polar surface area (TPSA) is 29.5 Å². The molecule has 0 spiro atoms. The van der Waals surface area contributed by atoms with E-state index in [1.165, 1.54) is 17.7 Å². The molecule has 0 aliphatic carbocycles. The zero-order valence-corrected chi connectivity index (χ0v) is 13.2. The highest BCUT2D eigenvalue weighted by atomic mass is 19.1. The number of morpholine rings is 1. The first-order valence-corrected chi connectivity index (χ1v) is 7.92. The molecule has 1 amide bonds. The van der Waals surface area contributed by atoms with E-state index in [-0.39, 0.29) is 17.8 Å². The first-order chi connectivity index (χ1) is 11.2. The Bertz CT molecular complexity index is 667. The van der Waals surface area contributed by atoms with Crippen molar-refractivity contribution in [3.05, 3.63) is 71.0 Å². The van der Waals surface area contributed by atoms with E-state index in [2.05, 4.69) is 6.92 Å². The highest BCUT2D eigenvalue weighted by molar-refractivity contribution is 5.94. The van der Waals surface area contributed by atoms with Crippen LogP contribution in [-0.2, 0) is 11.2 Å². The smallest absolute Gasteiger partial charge is 0.254 e. The van der Waals surface area contributed by atoms with Gasteiger partial charge in [0.15, 0.2) is 0 Å². The first-order valence-electron chi connectivity index (χ1n) is 7.92. The van der Waals surface area contributed by atoms with Crippen molar-refractivity contribution < 1.29 is 13.9 Å². The fourth-order valence-corrected chi connectivity index (χ4v) is 2.78. The molecule has 0 bridgehead atoms. The van der Waals surface area contributed by atoms with Gasteiger partial charge in [-0.15, -0.1) is 0 Å². The molecule has 120 valence electrons. The van der Waals surface area contributed by atoms with Gasteiger partial charge in [0.25, 0.3) is 5.91 Å². The maximum Gasteiger partial charge on any atom is 0.254 e. The summed E-state index contributed by atoms with van der Waals surface area (Å²) in [5.41, 5.74) is 2.81. The number of rotatable bonds is 3. The van der Waals surface area contributed by atoms with Crippen LogP contribution in [0.5, 0.6) is 0 Å². The average Bonchev–Trinajstić information content (AvgIpc) is 2.62. The summed E-state index contributed by atoms with van der Waals surface area (Å²) in [6, 6.07) is 14.0. The Hall–Kier alpha value is -2.20. The quantitative estimate of drug-likeness (QED) is 0.866. The zero-order valence-electron chi connectivity index (χ0n) is 13.2. The molecule has 0 aromatic heterocycles. The molecule has 2 aromatic rings. The van der Waals surface area contributed by atoms with Crippen LogP contribution in [0.25, 0.3) is 0 Å². The number of aryl methyl sites for hydroxylation is 1. The van der Waals surface area contributed by atoms with Gasteiger partial charge in [-0.1, -0.05) is 31.2 Å². The molecule has 0 saturated carbocycles. The maximum absolute atomic E-state index is 13.0. The molecule has 0 radical (unpaired) electrons. The number of benzene rings is 2. The van der Waals surface area contributed by atoms with Crippen LogP contribution in [0.4, 0.5) is 4.39 Å². The van der Waals surface area contributed by atoms with Crippen molar-refractivity contribution >= 4 is 5.91 Å². The molecule has 3 nitrogen and oxygen atoms in total. The van der Waals surface area contributed by atoms with E-state index in [9.17, 15) is 9.18 Å². The molecular weight excluding hydrogens is 293 g/mol. The predicted molar refractivity (Wildman–Crippen MR) is 86.8 cm³/mol.